The monoisotopic (exact) mass is 245 g/mol. The van der Waals surface area contributed by atoms with Crippen molar-refractivity contribution in [1.29, 1.82) is 0 Å². The van der Waals surface area contributed by atoms with Crippen LogP contribution >= 0.6 is 0 Å². The molecule has 0 bridgehead atoms. The van der Waals surface area contributed by atoms with Crippen LogP contribution < -0.4 is 5.32 Å². The first kappa shape index (κ1) is 12.8. The lowest BCUT2D eigenvalue weighted by atomic mass is 9.88. The van der Waals surface area contributed by atoms with Crippen LogP contribution in [0.4, 0.5) is 0 Å². The maximum atomic E-state index is 12.4. The lowest BCUT2D eigenvalue weighted by molar-refractivity contribution is -0.124. The van der Waals surface area contributed by atoms with Gasteiger partial charge >= 0.3 is 0 Å². The molecule has 1 N–H and O–H groups in total. The molecule has 1 aliphatic heterocycles. The van der Waals surface area contributed by atoms with Crippen molar-refractivity contribution in [2.45, 2.75) is 33.6 Å². The highest BCUT2D eigenvalue weighted by Gasteiger charge is 2.29. The number of hydrogen-bond acceptors (Lipinski definition) is 2. The predicted molar refractivity (Wildman–Crippen MR) is 70.7 cm³/mol. The van der Waals surface area contributed by atoms with Crippen LogP contribution in [0.3, 0.4) is 0 Å². The van der Waals surface area contributed by atoms with E-state index in [1.165, 1.54) is 5.56 Å². The molecule has 0 radical (unpaired) electrons. The number of piperidine rings is 1. The van der Waals surface area contributed by atoms with Crippen LogP contribution in [-0.4, -0.2) is 18.2 Å². The summed E-state index contributed by atoms with van der Waals surface area (Å²) >= 11 is 0. The first-order valence-corrected chi connectivity index (χ1v) is 6.40. The lowest BCUT2D eigenvalue weighted by Gasteiger charge is -2.21. The van der Waals surface area contributed by atoms with Crippen LogP contribution in [0.2, 0.25) is 0 Å². The minimum absolute atomic E-state index is 0.0431. The summed E-state index contributed by atoms with van der Waals surface area (Å²) < 4.78 is 0. The van der Waals surface area contributed by atoms with E-state index in [1.807, 2.05) is 32.9 Å². The molecule has 1 aromatic carbocycles. The lowest BCUT2D eigenvalue weighted by Crippen LogP contribution is -2.40. The molecule has 1 unspecified atom stereocenters. The second kappa shape index (κ2) is 4.92. The van der Waals surface area contributed by atoms with E-state index >= 15 is 0 Å². The molecule has 0 saturated carbocycles. The minimum Gasteiger partial charge on any atom is -0.355 e. The van der Waals surface area contributed by atoms with E-state index in [1.54, 1.807) is 0 Å². The maximum Gasteiger partial charge on any atom is 0.230 e. The number of ketones is 1. The summed E-state index contributed by atoms with van der Waals surface area (Å²) in [6.45, 7) is 6.74. The van der Waals surface area contributed by atoms with E-state index in [4.69, 9.17) is 0 Å². The Labute approximate surface area is 108 Å². The average Bonchev–Trinajstić information content (AvgIpc) is 2.35. The van der Waals surface area contributed by atoms with Crippen LogP contribution in [-0.2, 0) is 4.79 Å². The van der Waals surface area contributed by atoms with Crippen molar-refractivity contribution in [3.8, 4) is 0 Å². The third-order valence-electron chi connectivity index (χ3n) is 3.81. The molecule has 3 nitrogen and oxygen atoms in total. The zero-order valence-electron chi connectivity index (χ0n) is 11.2. The Kier molecular flexibility index (Phi) is 3.50. The van der Waals surface area contributed by atoms with Crippen molar-refractivity contribution in [2.75, 3.05) is 6.54 Å². The van der Waals surface area contributed by atoms with E-state index in [2.05, 4.69) is 5.32 Å². The summed E-state index contributed by atoms with van der Waals surface area (Å²) in [5.74, 6) is -0.666. The third kappa shape index (κ3) is 2.30. The third-order valence-corrected chi connectivity index (χ3v) is 3.81. The normalized spacial score (nSPS) is 19.5. The van der Waals surface area contributed by atoms with Crippen molar-refractivity contribution >= 4 is 11.7 Å². The van der Waals surface area contributed by atoms with Gasteiger partial charge in [-0.2, -0.15) is 0 Å². The second-order valence-corrected chi connectivity index (χ2v) is 5.09. The molecule has 1 saturated heterocycles. The molecule has 1 atom stereocenters. The second-order valence-electron chi connectivity index (χ2n) is 5.09. The predicted octanol–water partition coefficient (Wildman–Crippen LogP) is 2.32. The van der Waals surface area contributed by atoms with Gasteiger partial charge in [0.2, 0.25) is 5.91 Å². The first-order chi connectivity index (χ1) is 8.50. The van der Waals surface area contributed by atoms with Gasteiger partial charge in [0.1, 0.15) is 5.92 Å². The molecular formula is C15H19NO2. The topological polar surface area (TPSA) is 46.2 Å². The molecule has 1 fully saturated rings. The van der Waals surface area contributed by atoms with Crippen molar-refractivity contribution < 1.29 is 9.59 Å². The van der Waals surface area contributed by atoms with Crippen molar-refractivity contribution in [3.05, 3.63) is 34.4 Å². The Bertz CT molecular complexity index is 482. The number of amides is 1. The van der Waals surface area contributed by atoms with E-state index < -0.39 is 5.92 Å². The van der Waals surface area contributed by atoms with Crippen molar-refractivity contribution in [1.82, 2.24) is 5.32 Å². The number of benzene rings is 1. The summed E-state index contributed by atoms with van der Waals surface area (Å²) in [6.07, 6.45) is 1.54. The maximum absolute atomic E-state index is 12.4. The highest BCUT2D eigenvalue weighted by atomic mass is 16.2. The summed E-state index contributed by atoms with van der Waals surface area (Å²) in [6, 6.07) is 3.79. The van der Waals surface area contributed by atoms with Gasteiger partial charge in [-0.1, -0.05) is 0 Å². The molecule has 1 amide bonds. The van der Waals surface area contributed by atoms with Gasteiger partial charge in [0.05, 0.1) is 0 Å². The molecule has 18 heavy (non-hydrogen) atoms. The fourth-order valence-corrected chi connectivity index (χ4v) is 2.40. The Morgan fingerprint density at radius 3 is 2.39 bits per heavy atom. The molecular weight excluding hydrogens is 226 g/mol. The van der Waals surface area contributed by atoms with Gasteiger partial charge in [0.15, 0.2) is 5.78 Å². The number of Topliss-reactive ketones (excluding diaryl/α,β-unsaturated/α-hetero) is 1. The van der Waals surface area contributed by atoms with E-state index in [9.17, 15) is 9.59 Å². The van der Waals surface area contributed by atoms with Gasteiger partial charge in [0.25, 0.3) is 0 Å². The SMILES string of the molecule is Cc1cc(C(=O)C2CCCNC2=O)cc(C)c1C. The zero-order chi connectivity index (χ0) is 13.3. The Hall–Kier alpha value is -1.64. The summed E-state index contributed by atoms with van der Waals surface area (Å²) in [5.41, 5.74) is 4.08. The largest absolute Gasteiger partial charge is 0.355 e. The molecule has 1 aliphatic rings. The highest BCUT2D eigenvalue weighted by molar-refractivity contribution is 6.10. The molecule has 0 spiro atoms. The summed E-state index contributed by atoms with van der Waals surface area (Å²) in [4.78, 5) is 24.1. The molecule has 1 heterocycles. The quantitative estimate of drug-likeness (QED) is 0.642. The van der Waals surface area contributed by atoms with E-state index in [-0.39, 0.29) is 11.7 Å². The van der Waals surface area contributed by atoms with Gasteiger partial charge in [-0.3, -0.25) is 9.59 Å². The fraction of sp³-hybridized carbons (Fsp3) is 0.467. The van der Waals surface area contributed by atoms with Gasteiger partial charge in [-0.25, -0.2) is 0 Å². The van der Waals surface area contributed by atoms with Crippen LogP contribution in [0.15, 0.2) is 12.1 Å². The average molecular weight is 245 g/mol. The summed E-state index contributed by atoms with van der Waals surface area (Å²) in [7, 11) is 0. The van der Waals surface area contributed by atoms with Gasteiger partial charge < -0.3 is 5.32 Å². The van der Waals surface area contributed by atoms with Gasteiger partial charge in [-0.05, 0) is 62.4 Å². The Balaban J connectivity index is 2.31. The molecule has 1 aromatic rings. The number of carbonyl (C=O) groups is 2. The molecule has 0 aliphatic carbocycles. The smallest absolute Gasteiger partial charge is 0.230 e. The van der Waals surface area contributed by atoms with E-state index in [0.717, 1.165) is 17.5 Å². The summed E-state index contributed by atoms with van der Waals surface area (Å²) in [5, 5.41) is 2.76. The first-order valence-electron chi connectivity index (χ1n) is 6.40. The van der Waals surface area contributed by atoms with E-state index in [0.29, 0.717) is 18.5 Å². The number of rotatable bonds is 2. The van der Waals surface area contributed by atoms with Crippen LogP contribution in [0.25, 0.3) is 0 Å². The van der Waals surface area contributed by atoms with Gasteiger partial charge in [0, 0.05) is 12.1 Å². The Morgan fingerprint density at radius 1 is 1.22 bits per heavy atom. The van der Waals surface area contributed by atoms with Gasteiger partial charge in [-0.15, -0.1) is 0 Å². The number of nitrogens with one attached hydrogen (secondary N) is 1. The highest BCUT2D eigenvalue weighted by Crippen LogP contribution is 2.21. The van der Waals surface area contributed by atoms with Crippen molar-refractivity contribution in [3.63, 3.8) is 0 Å². The van der Waals surface area contributed by atoms with Crippen LogP contribution in [0.1, 0.15) is 39.9 Å². The van der Waals surface area contributed by atoms with Crippen molar-refractivity contribution in [2.24, 2.45) is 5.92 Å². The standard InChI is InChI=1S/C15H19NO2/c1-9-7-12(8-10(2)11(9)3)14(17)13-5-4-6-16-15(13)18/h7-8,13H,4-6H2,1-3H3,(H,16,18). The number of hydrogen-bond donors (Lipinski definition) is 1. The molecule has 2 rings (SSSR count). The minimum atomic E-state index is -0.500. The Morgan fingerprint density at radius 2 is 1.83 bits per heavy atom. The molecule has 3 heteroatoms. The molecule has 0 aromatic heterocycles. The zero-order valence-corrected chi connectivity index (χ0v) is 11.2. The van der Waals surface area contributed by atoms with Crippen LogP contribution in [0.5, 0.6) is 0 Å². The molecule has 96 valence electrons. The van der Waals surface area contributed by atoms with Crippen LogP contribution in [0, 0.1) is 26.7 Å². The number of carbonyl (C=O) groups excluding carboxylic acids is 2. The number of aryl methyl sites for hydroxylation is 2. The fourth-order valence-electron chi connectivity index (χ4n) is 2.40.